The largest absolute Gasteiger partial charge is 0.790 e. The number of hydrogen-bond donors (Lipinski definition) is 2. The first-order valence-electron chi connectivity index (χ1n) is 6.38. The van der Waals surface area contributed by atoms with E-state index in [2.05, 4.69) is 18.1 Å². The molecule has 0 amide bonds. The van der Waals surface area contributed by atoms with Crippen molar-refractivity contribution in [3.05, 3.63) is 0 Å². The Bertz CT molecular complexity index is 688. The maximum atomic E-state index is 10.8. The van der Waals surface area contributed by atoms with Crippen LogP contribution in [0.15, 0.2) is 0 Å². The van der Waals surface area contributed by atoms with Gasteiger partial charge in [0, 0.05) is 0 Å². The molecule has 0 heterocycles. The van der Waals surface area contributed by atoms with Crippen molar-refractivity contribution < 1.29 is 85.7 Å². The fourth-order valence-corrected chi connectivity index (χ4v) is 4.41. The van der Waals surface area contributed by atoms with E-state index in [1.807, 2.05) is 0 Å². The predicted molar refractivity (Wildman–Crippen MR) is 61.9 cm³/mol. The van der Waals surface area contributed by atoms with E-state index in [0.717, 1.165) is 0 Å². The number of phosphoric acid groups is 4. The third kappa shape index (κ3) is 8.62. The molecule has 168 valence electrons. The van der Waals surface area contributed by atoms with E-state index in [-0.39, 0.29) is 0 Å². The van der Waals surface area contributed by atoms with Gasteiger partial charge in [0.15, 0.2) is 0 Å². The Morgan fingerprint density at radius 3 is 0.929 bits per heavy atom. The molecule has 0 saturated heterocycles. The summed E-state index contributed by atoms with van der Waals surface area (Å²) in [5, 5.41) is 19.7. The Hall–Kier alpha value is 0.360. The van der Waals surface area contributed by atoms with E-state index >= 15 is 0 Å². The summed E-state index contributed by atoms with van der Waals surface area (Å²) in [6.07, 6.45) is -17.6. The Morgan fingerprint density at radius 1 is 0.464 bits per heavy atom. The van der Waals surface area contributed by atoms with Crippen LogP contribution in [-0.4, -0.2) is 46.8 Å². The zero-order chi connectivity index (χ0) is 22.3. The molecule has 1 aliphatic rings. The standard InChI is InChI=1S/C6H16O18P4/c7-1-3(21-25(9,10)11)2(8)5(23-27(15,16)17)6(24-28(18,19)20)4(1)22-26(12,13)14/h1-8H,(H2,9,10,11)(H2,12,13,14)(H2,15,16,17)(H2,18,19,20)/p-8. The number of aliphatic hydroxyl groups excluding tert-OH is 2. The van der Waals surface area contributed by atoms with Crippen LogP contribution in [0.25, 0.3) is 0 Å². The summed E-state index contributed by atoms with van der Waals surface area (Å²) in [6, 6.07) is 0. The number of phosphoric ester groups is 4. The molecule has 4 atom stereocenters. The molecule has 0 aliphatic heterocycles. The molecule has 1 saturated carbocycles. The molecule has 0 aromatic rings. The lowest BCUT2D eigenvalue weighted by atomic mass is 9.85. The van der Waals surface area contributed by atoms with Gasteiger partial charge in [-0.3, -0.25) is 0 Å². The Labute approximate surface area is 154 Å². The summed E-state index contributed by atoms with van der Waals surface area (Å²) in [5.41, 5.74) is 0. The summed E-state index contributed by atoms with van der Waals surface area (Å²) in [4.78, 5) is 86.1. The topological polar surface area (TPSA) is 330 Å². The molecule has 0 aromatic carbocycles. The van der Waals surface area contributed by atoms with E-state index in [0.29, 0.717) is 0 Å². The first-order valence-corrected chi connectivity index (χ1v) is 12.2. The molecular formula is C6H8O18P4-8. The van der Waals surface area contributed by atoms with Crippen molar-refractivity contribution in [2.24, 2.45) is 0 Å². The predicted octanol–water partition coefficient (Wildman–Crippen LogP) is -8.42. The molecule has 0 radical (unpaired) electrons. The normalized spacial score (nSPS) is 33.1. The van der Waals surface area contributed by atoms with Crippen molar-refractivity contribution >= 4 is 31.3 Å². The SMILES string of the molecule is O=P([O-])([O-])OC1C(O)C(OP(=O)([O-])[O-])C(OP(=O)([O-])[O-])C(OP(=O)([O-])[O-])C1O. The fraction of sp³-hybridized carbons (Fsp3) is 1.00. The van der Waals surface area contributed by atoms with Crippen LogP contribution in [0.3, 0.4) is 0 Å². The lowest BCUT2D eigenvalue weighted by molar-refractivity contribution is -0.377. The van der Waals surface area contributed by atoms with E-state index < -0.39 is 67.9 Å². The monoisotopic (exact) mass is 492 g/mol. The molecule has 4 unspecified atom stereocenters. The third-order valence-electron chi connectivity index (χ3n) is 3.00. The van der Waals surface area contributed by atoms with Crippen LogP contribution in [0, 0.1) is 0 Å². The summed E-state index contributed by atoms with van der Waals surface area (Å²) >= 11 is 0. The van der Waals surface area contributed by atoms with Crippen LogP contribution >= 0.6 is 31.3 Å². The number of rotatable bonds is 8. The van der Waals surface area contributed by atoms with Crippen LogP contribution in [-0.2, 0) is 36.4 Å². The van der Waals surface area contributed by atoms with Crippen LogP contribution in [0.5, 0.6) is 0 Å². The van der Waals surface area contributed by atoms with Crippen LogP contribution < -0.4 is 39.1 Å². The highest BCUT2D eigenvalue weighted by Gasteiger charge is 2.54. The minimum absolute atomic E-state index is 2.84. The molecule has 1 rings (SSSR count). The average molecular weight is 492 g/mol. The molecule has 0 spiro atoms. The molecule has 1 aliphatic carbocycles. The third-order valence-corrected chi connectivity index (χ3v) is 5.00. The van der Waals surface area contributed by atoms with Crippen LogP contribution in [0.1, 0.15) is 0 Å². The maximum Gasteiger partial charge on any atom is 0.121 e. The lowest BCUT2D eigenvalue weighted by Crippen LogP contribution is -2.66. The smallest absolute Gasteiger partial charge is 0.121 e. The van der Waals surface area contributed by atoms with E-state index in [1.165, 1.54) is 0 Å². The average Bonchev–Trinajstić information content (AvgIpc) is 2.39. The molecule has 28 heavy (non-hydrogen) atoms. The van der Waals surface area contributed by atoms with Gasteiger partial charge in [-0.25, -0.2) is 0 Å². The summed E-state index contributed by atoms with van der Waals surface area (Å²) < 4.78 is 57.8. The highest BCUT2D eigenvalue weighted by atomic mass is 31.2. The summed E-state index contributed by atoms with van der Waals surface area (Å²) in [6.45, 7) is 0. The molecular weight excluding hydrogens is 484 g/mol. The van der Waals surface area contributed by atoms with Gasteiger partial charge in [-0.15, -0.1) is 0 Å². The van der Waals surface area contributed by atoms with Gasteiger partial charge in [0.1, 0.15) is 36.6 Å². The molecule has 18 nitrogen and oxygen atoms in total. The highest BCUT2D eigenvalue weighted by molar-refractivity contribution is 7.44. The van der Waals surface area contributed by atoms with Crippen molar-refractivity contribution in [2.45, 2.75) is 36.6 Å². The molecule has 0 aromatic heterocycles. The zero-order valence-electron chi connectivity index (χ0n) is 12.7. The van der Waals surface area contributed by atoms with Gasteiger partial charge in [0.05, 0.1) is 31.3 Å². The number of aliphatic hydroxyl groups is 2. The minimum Gasteiger partial charge on any atom is -0.790 e. The summed E-state index contributed by atoms with van der Waals surface area (Å²) in [7, 11) is -24.8. The van der Waals surface area contributed by atoms with Crippen LogP contribution in [0.2, 0.25) is 0 Å². The van der Waals surface area contributed by atoms with Gasteiger partial charge in [0.2, 0.25) is 0 Å². The van der Waals surface area contributed by atoms with Crippen molar-refractivity contribution in [2.75, 3.05) is 0 Å². The van der Waals surface area contributed by atoms with Gasteiger partial charge in [-0.1, -0.05) is 0 Å². The Kier molecular flexibility index (Phi) is 8.34. The molecule has 0 bridgehead atoms. The van der Waals surface area contributed by atoms with Crippen molar-refractivity contribution in [3.63, 3.8) is 0 Å². The van der Waals surface area contributed by atoms with Crippen molar-refractivity contribution in [3.8, 4) is 0 Å². The Balaban J connectivity index is 3.50. The quantitative estimate of drug-likeness (QED) is 0.297. The van der Waals surface area contributed by atoms with Gasteiger partial charge in [0.25, 0.3) is 0 Å². The first-order chi connectivity index (χ1) is 12.2. The maximum absolute atomic E-state index is 10.8. The van der Waals surface area contributed by atoms with Crippen molar-refractivity contribution in [1.82, 2.24) is 0 Å². The van der Waals surface area contributed by atoms with Crippen LogP contribution in [0.4, 0.5) is 0 Å². The van der Waals surface area contributed by atoms with Gasteiger partial charge in [-0.2, -0.15) is 0 Å². The molecule has 2 N–H and O–H groups in total. The minimum atomic E-state index is -6.24. The van der Waals surface area contributed by atoms with Gasteiger partial charge in [-0.05, 0) is 0 Å². The zero-order valence-corrected chi connectivity index (χ0v) is 16.3. The van der Waals surface area contributed by atoms with E-state index in [9.17, 15) is 67.6 Å². The van der Waals surface area contributed by atoms with E-state index in [4.69, 9.17) is 0 Å². The van der Waals surface area contributed by atoms with Crippen molar-refractivity contribution in [1.29, 1.82) is 0 Å². The second-order valence-corrected chi connectivity index (χ2v) is 9.47. The number of hydrogen-bond acceptors (Lipinski definition) is 18. The highest BCUT2D eigenvalue weighted by Crippen LogP contribution is 2.46. The fourth-order valence-electron chi connectivity index (χ4n) is 2.24. The lowest BCUT2D eigenvalue weighted by Gasteiger charge is -2.53. The second-order valence-electron chi connectivity index (χ2n) is 5.05. The summed E-state index contributed by atoms with van der Waals surface area (Å²) in [5.74, 6) is 0. The molecule has 22 heteroatoms. The molecule has 1 fully saturated rings. The van der Waals surface area contributed by atoms with Gasteiger partial charge >= 0.3 is 0 Å². The Morgan fingerprint density at radius 2 is 0.679 bits per heavy atom. The van der Waals surface area contributed by atoms with E-state index in [1.54, 1.807) is 0 Å². The first kappa shape index (κ1) is 26.4. The van der Waals surface area contributed by atoms with Gasteiger partial charge < -0.3 is 85.7 Å². The second kappa shape index (κ2) is 8.85.